The van der Waals surface area contributed by atoms with E-state index in [4.69, 9.17) is 11.6 Å². The van der Waals surface area contributed by atoms with E-state index in [0.717, 1.165) is 25.3 Å². The molecule has 0 aromatic heterocycles. The van der Waals surface area contributed by atoms with E-state index < -0.39 is 21.7 Å². The van der Waals surface area contributed by atoms with Gasteiger partial charge in [-0.2, -0.15) is 4.31 Å². The molecule has 1 amide bonds. The maximum Gasteiger partial charge on any atom is 0.255 e. The first-order valence-corrected chi connectivity index (χ1v) is 10.1. The molecule has 26 heavy (non-hydrogen) atoms. The minimum absolute atomic E-state index is 0.00409. The second-order valence-electron chi connectivity index (χ2n) is 6.07. The first-order chi connectivity index (χ1) is 12.4. The lowest BCUT2D eigenvalue weighted by Gasteiger charge is -2.25. The van der Waals surface area contributed by atoms with E-state index >= 15 is 0 Å². The minimum Gasteiger partial charge on any atom is -0.319 e. The van der Waals surface area contributed by atoms with Crippen LogP contribution in [0.15, 0.2) is 47.4 Å². The van der Waals surface area contributed by atoms with Gasteiger partial charge in [-0.05, 0) is 55.3 Å². The summed E-state index contributed by atoms with van der Waals surface area (Å²) in [5.41, 5.74) is 0.237. The number of nitrogens with zero attached hydrogens (tertiary/aromatic N) is 1. The summed E-state index contributed by atoms with van der Waals surface area (Å²) in [6.45, 7) is 1.03. The van der Waals surface area contributed by atoms with Crippen molar-refractivity contribution >= 4 is 33.2 Å². The van der Waals surface area contributed by atoms with Gasteiger partial charge in [-0.25, -0.2) is 12.8 Å². The topological polar surface area (TPSA) is 66.5 Å². The third kappa shape index (κ3) is 4.06. The number of piperidine rings is 1. The summed E-state index contributed by atoms with van der Waals surface area (Å²) >= 11 is 5.68. The van der Waals surface area contributed by atoms with Crippen LogP contribution in [0.25, 0.3) is 0 Å². The SMILES string of the molecule is O=C(Nc1ccc(Cl)cc1F)c1ccc(S(=O)(=O)N2CCCCC2)cc1. The standard InChI is InChI=1S/C18H18ClFN2O3S/c19-14-6-9-17(16(20)12-14)21-18(23)13-4-7-15(8-5-13)26(24,25)22-10-2-1-3-11-22/h4-9,12H,1-3,10-11H2,(H,21,23). The van der Waals surface area contributed by atoms with Gasteiger partial charge in [-0.3, -0.25) is 4.79 Å². The van der Waals surface area contributed by atoms with E-state index in [1.807, 2.05) is 0 Å². The number of carbonyl (C=O) groups is 1. The predicted molar refractivity (Wildman–Crippen MR) is 98.4 cm³/mol. The highest BCUT2D eigenvalue weighted by atomic mass is 35.5. The fourth-order valence-corrected chi connectivity index (χ4v) is 4.49. The average Bonchev–Trinajstić information content (AvgIpc) is 2.65. The van der Waals surface area contributed by atoms with Gasteiger partial charge < -0.3 is 5.32 Å². The van der Waals surface area contributed by atoms with Crippen molar-refractivity contribution in [3.8, 4) is 0 Å². The van der Waals surface area contributed by atoms with Crippen LogP contribution >= 0.6 is 11.6 Å². The van der Waals surface area contributed by atoms with E-state index in [0.29, 0.717) is 13.1 Å². The van der Waals surface area contributed by atoms with Gasteiger partial charge in [0, 0.05) is 23.7 Å². The number of hydrogen-bond donors (Lipinski definition) is 1. The largest absolute Gasteiger partial charge is 0.319 e. The van der Waals surface area contributed by atoms with Crippen molar-refractivity contribution in [1.82, 2.24) is 4.31 Å². The highest BCUT2D eigenvalue weighted by Crippen LogP contribution is 2.22. The van der Waals surface area contributed by atoms with Crippen molar-refractivity contribution in [2.45, 2.75) is 24.2 Å². The lowest BCUT2D eigenvalue weighted by Crippen LogP contribution is -2.35. The van der Waals surface area contributed by atoms with Gasteiger partial charge in [0.2, 0.25) is 10.0 Å². The number of halogens is 2. The van der Waals surface area contributed by atoms with Crippen LogP contribution in [0.1, 0.15) is 29.6 Å². The van der Waals surface area contributed by atoms with Crippen LogP contribution in [0.2, 0.25) is 5.02 Å². The van der Waals surface area contributed by atoms with Gasteiger partial charge in [-0.1, -0.05) is 18.0 Å². The molecule has 8 heteroatoms. The van der Waals surface area contributed by atoms with Crippen LogP contribution < -0.4 is 5.32 Å². The van der Waals surface area contributed by atoms with E-state index in [1.54, 1.807) is 0 Å². The number of nitrogens with one attached hydrogen (secondary N) is 1. The Bertz CT molecular complexity index is 911. The highest BCUT2D eigenvalue weighted by Gasteiger charge is 2.26. The van der Waals surface area contributed by atoms with E-state index in [-0.39, 0.29) is 21.2 Å². The van der Waals surface area contributed by atoms with Crippen molar-refractivity contribution in [1.29, 1.82) is 0 Å². The van der Waals surface area contributed by atoms with Gasteiger partial charge in [0.05, 0.1) is 10.6 Å². The molecule has 138 valence electrons. The molecule has 0 radical (unpaired) electrons. The monoisotopic (exact) mass is 396 g/mol. The van der Waals surface area contributed by atoms with E-state index in [9.17, 15) is 17.6 Å². The molecule has 1 heterocycles. The van der Waals surface area contributed by atoms with Crippen molar-refractivity contribution in [2.24, 2.45) is 0 Å². The summed E-state index contributed by atoms with van der Waals surface area (Å²) in [7, 11) is -3.55. The first kappa shape index (κ1) is 18.8. The molecular weight excluding hydrogens is 379 g/mol. The fourth-order valence-electron chi connectivity index (χ4n) is 2.82. The predicted octanol–water partition coefficient (Wildman–Crippen LogP) is 3.91. The van der Waals surface area contributed by atoms with Gasteiger partial charge >= 0.3 is 0 Å². The van der Waals surface area contributed by atoms with Crippen LogP contribution in [0.4, 0.5) is 10.1 Å². The normalized spacial score (nSPS) is 15.6. The highest BCUT2D eigenvalue weighted by molar-refractivity contribution is 7.89. The Labute approximate surface area is 156 Å². The Morgan fingerprint density at radius 3 is 2.31 bits per heavy atom. The third-order valence-electron chi connectivity index (χ3n) is 4.25. The third-order valence-corrected chi connectivity index (χ3v) is 6.40. The maximum absolute atomic E-state index is 13.8. The minimum atomic E-state index is -3.55. The van der Waals surface area contributed by atoms with E-state index in [2.05, 4.69) is 5.32 Å². The molecule has 0 atom stereocenters. The number of benzene rings is 2. The zero-order chi connectivity index (χ0) is 18.7. The Kier molecular flexibility index (Phi) is 5.60. The molecule has 0 unspecified atom stereocenters. The number of sulfonamides is 1. The zero-order valence-corrected chi connectivity index (χ0v) is 15.5. The molecule has 3 rings (SSSR count). The van der Waals surface area contributed by atoms with Crippen LogP contribution in [-0.2, 0) is 10.0 Å². The summed E-state index contributed by atoms with van der Waals surface area (Å²) in [6, 6.07) is 9.57. The molecule has 2 aromatic carbocycles. The first-order valence-electron chi connectivity index (χ1n) is 8.24. The number of amides is 1. The van der Waals surface area contributed by atoms with Gasteiger partial charge in [0.15, 0.2) is 0 Å². The van der Waals surface area contributed by atoms with Crippen LogP contribution in [-0.4, -0.2) is 31.7 Å². The Morgan fingerprint density at radius 1 is 1.04 bits per heavy atom. The molecule has 1 aliphatic rings. The van der Waals surface area contributed by atoms with Gasteiger partial charge in [0.25, 0.3) is 5.91 Å². The van der Waals surface area contributed by atoms with Crippen molar-refractivity contribution < 1.29 is 17.6 Å². The maximum atomic E-state index is 13.8. The molecule has 0 aliphatic carbocycles. The molecule has 1 N–H and O–H groups in total. The molecule has 0 spiro atoms. The van der Waals surface area contributed by atoms with Crippen LogP contribution in [0, 0.1) is 5.82 Å². The quantitative estimate of drug-likeness (QED) is 0.852. The summed E-state index contributed by atoms with van der Waals surface area (Å²) in [6.07, 6.45) is 2.74. The van der Waals surface area contributed by atoms with Crippen molar-refractivity contribution in [3.05, 3.63) is 58.9 Å². The van der Waals surface area contributed by atoms with Crippen LogP contribution in [0.3, 0.4) is 0 Å². The smallest absolute Gasteiger partial charge is 0.255 e. The summed E-state index contributed by atoms with van der Waals surface area (Å²) in [5, 5.41) is 2.67. The Hall–Kier alpha value is -1.96. The second kappa shape index (κ2) is 7.73. The lowest BCUT2D eigenvalue weighted by molar-refractivity contribution is 0.102. The molecular formula is C18H18ClFN2O3S. The summed E-state index contributed by atoms with van der Waals surface area (Å²) in [5.74, 6) is -1.18. The number of anilines is 1. The molecule has 0 bridgehead atoms. The van der Waals surface area contributed by atoms with Gasteiger partial charge in [0.1, 0.15) is 5.82 Å². The van der Waals surface area contributed by atoms with Gasteiger partial charge in [-0.15, -0.1) is 0 Å². The molecule has 1 aliphatic heterocycles. The number of rotatable bonds is 4. The second-order valence-corrected chi connectivity index (χ2v) is 8.44. The average molecular weight is 397 g/mol. The lowest BCUT2D eigenvalue weighted by atomic mass is 10.2. The molecule has 2 aromatic rings. The molecule has 1 fully saturated rings. The fraction of sp³-hybridized carbons (Fsp3) is 0.278. The van der Waals surface area contributed by atoms with Crippen LogP contribution in [0.5, 0.6) is 0 Å². The summed E-state index contributed by atoms with van der Waals surface area (Å²) in [4.78, 5) is 12.4. The van der Waals surface area contributed by atoms with Crippen molar-refractivity contribution in [3.63, 3.8) is 0 Å². The molecule has 1 saturated heterocycles. The number of carbonyl (C=O) groups excluding carboxylic acids is 1. The molecule has 5 nitrogen and oxygen atoms in total. The van der Waals surface area contributed by atoms with Crippen molar-refractivity contribution in [2.75, 3.05) is 18.4 Å². The Balaban J connectivity index is 1.75. The Morgan fingerprint density at radius 2 is 1.69 bits per heavy atom. The zero-order valence-electron chi connectivity index (χ0n) is 13.9. The summed E-state index contributed by atoms with van der Waals surface area (Å²) < 4.78 is 40.4. The van der Waals surface area contributed by atoms with E-state index in [1.165, 1.54) is 40.7 Å². The number of hydrogen-bond acceptors (Lipinski definition) is 3. The molecule has 0 saturated carbocycles.